The fraction of sp³-hybridized carbons (Fsp3) is 0.600. The van der Waals surface area contributed by atoms with Crippen molar-refractivity contribution in [1.29, 1.82) is 0 Å². The van der Waals surface area contributed by atoms with Crippen LogP contribution in [0.4, 0.5) is 0 Å². The third kappa shape index (κ3) is 2.80. The quantitative estimate of drug-likeness (QED) is 0.879. The van der Waals surface area contributed by atoms with E-state index in [0.29, 0.717) is 11.5 Å². The van der Waals surface area contributed by atoms with Gasteiger partial charge in [-0.25, -0.2) is 8.42 Å². The molecule has 0 aliphatic carbocycles. The summed E-state index contributed by atoms with van der Waals surface area (Å²) >= 11 is 1.70. The van der Waals surface area contributed by atoms with Crippen LogP contribution in [-0.2, 0) is 9.84 Å². The van der Waals surface area contributed by atoms with Crippen molar-refractivity contribution >= 4 is 21.2 Å². The van der Waals surface area contributed by atoms with Gasteiger partial charge in [-0.2, -0.15) is 0 Å². The van der Waals surface area contributed by atoms with E-state index in [1.54, 1.807) is 11.3 Å². The Balaban J connectivity index is 1.94. The molecular formula is C10H15NO2S2. The first kappa shape index (κ1) is 11.1. The molecule has 0 unspecified atom stereocenters. The third-order valence-electron chi connectivity index (χ3n) is 2.69. The molecule has 0 saturated carbocycles. The molecular weight excluding hydrogens is 230 g/mol. The lowest BCUT2D eigenvalue weighted by atomic mass is 10.2. The standard InChI is InChI=1S/C10H15NO2S2/c1-8(10-3-2-5-14-10)11-9-4-6-15(12,13)7-9/h2-3,5,8-9,11H,4,6-7H2,1H3/t8-,9-/m0/s1. The van der Waals surface area contributed by atoms with E-state index in [0.717, 1.165) is 6.42 Å². The van der Waals surface area contributed by atoms with Crippen LogP contribution in [0.5, 0.6) is 0 Å². The zero-order valence-electron chi connectivity index (χ0n) is 8.64. The van der Waals surface area contributed by atoms with Crippen molar-refractivity contribution in [3.8, 4) is 0 Å². The van der Waals surface area contributed by atoms with Gasteiger partial charge in [0, 0.05) is 17.0 Å². The largest absolute Gasteiger partial charge is 0.306 e. The molecule has 0 radical (unpaired) electrons. The van der Waals surface area contributed by atoms with Crippen LogP contribution in [0.15, 0.2) is 17.5 Å². The van der Waals surface area contributed by atoms with Crippen molar-refractivity contribution in [1.82, 2.24) is 5.32 Å². The Bertz CT molecular complexity index is 411. The molecule has 0 bridgehead atoms. The monoisotopic (exact) mass is 245 g/mol. The second kappa shape index (κ2) is 4.23. The van der Waals surface area contributed by atoms with Crippen LogP contribution in [0.1, 0.15) is 24.3 Å². The van der Waals surface area contributed by atoms with Gasteiger partial charge in [-0.05, 0) is 24.8 Å². The SMILES string of the molecule is C[C@H](N[C@H]1CCS(=O)(=O)C1)c1cccs1. The molecule has 0 amide bonds. The van der Waals surface area contributed by atoms with E-state index in [2.05, 4.69) is 18.3 Å². The van der Waals surface area contributed by atoms with Gasteiger partial charge in [-0.3, -0.25) is 0 Å². The Morgan fingerprint density at radius 2 is 2.40 bits per heavy atom. The summed E-state index contributed by atoms with van der Waals surface area (Å²) in [7, 11) is -2.77. The molecule has 1 saturated heterocycles. The molecule has 2 heterocycles. The molecule has 84 valence electrons. The first-order valence-corrected chi connectivity index (χ1v) is 7.77. The molecule has 5 heteroatoms. The number of nitrogens with one attached hydrogen (secondary N) is 1. The van der Waals surface area contributed by atoms with Crippen molar-refractivity contribution in [2.75, 3.05) is 11.5 Å². The number of thiophene rings is 1. The summed E-state index contributed by atoms with van der Waals surface area (Å²) < 4.78 is 22.5. The van der Waals surface area contributed by atoms with Crippen LogP contribution in [0.25, 0.3) is 0 Å². The summed E-state index contributed by atoms with van der Waals surface area (Å²) in [6.07, 6.45) is 0.748. The maximum atomic E-state index is 11.3. The van der Waals surface area contributed by atoms with Crippen LogP contribution >= 0.6 is 11.3 Å². The summed E-state index contributed by atoms with van der Waals surface area (Å²) in [5, 5.41) is 5.41. The predicted molar refractivity (Wildman–Crippen MR) is 62.9 cm³/mol. The zero-order chi connectivity index (χ0) is 10.9. The maximum Gasteiger partial charge on any atom is 0.151 e. The predicted octanol–water partition coefficient (Wildman–Crippen LogP) is 1.59. The summed E-state index contributed by atoms with van der Waals surface area (Å²) in [6.45, 7) is 2.08. The minimum atomic E-state index is -2.77. The lowest BCUT2D eigenvalue weighted by Gasteiger charge is -2.16. The van der Waals surface area contributed by atoms with Gasteiger partial charge in [0.1, 0.15) is 0 Å². The second-order valence-electron chi connectivity index (χ2n) is 4.00. The highest BCUT2D eigenvalue weighted by molar-refractivity contribution is 7.91. The van der Waals surface area contributed by atoms with E-state index >= 15 is 0 Å². The van der Waals surface area contributed by atoms with E-state index < -0.39 is 9.84 Å². The zero-order valence-corrected chi connectivity index (χ0v) is 10.3. The van der Waals surface area contributed by atoms with Gasteiger partial charge in [0.2, 0.25) is 0 Å². The van der Waals surface area contributed by atoms with Crippen LogP contribution < -0.4 is 5.32 Å². The van der Waals surface area contributed by atoms with Gasteiger partial charge in [0.15, 0.2) is 9.84 Å². The molecule has 1 aromatic heterocycles. The van der Waals surface area contributed by atoms with E-state index in [4.69, 9.17) is 0 Å². The Hall–Kier alpha value is -0.390. The van der Waals surface area contributed by atoms with Crippen LogP contribution in [-0.4, -0.2) is 26.0 Å². The fourth-order valence-corrected chi connectivity index (χ4v) is 4.33. The first-order chi connectivity index (χ1) is 7.07. The first-order valence-electron chi connectivity index (χ1n) is 5.07. The maximum absolute atomic E-state index is 11.3. The average molecular weight is 245 g/mol. The Morgan fingerprint density at radius 1 is 1.60 bits per heavy atom. The lowest BCUT2D eigenvalue weighted by Crippen LogP contribution is -2.31. The average Bonchev–Trinajstić information content (AvgIpc) is 2.74. The minimum Gasteiger partial charge on any atom is -0.306 e. The number of sulfone groups is 1. The molecule has 1 N–H and O–H groups in total. The second-order valence-corrected chi connectivity index (χ2v) is 7.21. The highest BCUT2D eigenvalue weighted by atomic mass is 32.2. The van der Waals surface area contributed by atoms with E-state index in [-0.39, 0.29) is 12.1 Å². The summed E-state index contributed by atoms with van der Waals surface area (Å²) in [5.41, 5.74) is 0. The Labute approximate surface area is 94.4 Å². The van der Waals surface area contributed by atoms with Crippen molar-refractivity contribution in [3.05, 3.63) is 22.4 Å². The Kier molecular flexibility index (Phi) is 3.13. The summed E-state index contributed by atoms with van der Waals surface area (Å²) in [6, 6.07) is 4.48. The molecule has 15 heavy (non-hydrogen) atoms. The van der Waals surface area contributed by atoms with Gasteiger partial charge in [-0.15, -0.1) is 11.3 Å². The molecule has 1 fully saturated rings. The van der Waals surface area contributed by atoms with Gasteiger partial charge in [0.05, 0.1) is 11.5 Å². The molecule has 0 aromatic carbocycles. The lowest BCUT2D eigenvalue weighted by molar-refractivity contribution is 0.490. The van der Waals surface area contributed by atoms with Gasteiger partial charge in [0.25, 0.3) is 0 Å². The van der Waals surface area contributed by atoms with Crippen molar-refractivity contribution < 1.29 is 8.42 Å². The molecule has 1 aliphatic heterocycles. The van der Waals surface area contributed by atoms with Gasteiger partial charge < -0.3 is 5.32 Å². The number of rotatable bonds is 3. The summed E-state index contributed by atoms with van der Waals surface area (Å²) in [4.78, 5) is 1.26. The van der Waals surface area contributed by atoms with Gasteiger partial charge >= 0.3 is 0 Å². The fourth-order valence-electron chi connectivity index (χ4n) is 1.90. The van der Waals surface area contributed by atoms with Crippen LogP contribution in [0.2, 0.25) is 0 Å². The normalized spacial score (nSPS) is 26.6. The van der Waals surface area contributed by atoms with Crippen molar-refractivity contribution in [3.63, 3.8) is 0 Å². The number of hydrogen-bond acceptors (Lipinski definition) is 4. The molecule has 1 aliphatic rings. The minimum absolute atomic E-state index is 0.132. The van der Waals surface area contributed by atoms with Crippen LogP contribution in [0.3, 0.4) is 0 Å². The molecule has 0 spiro atoms. The highest BCUT2D eigenvalue weighted by Crippen LogP contribution is 2.21. The van der Waals surface area contributed by atoms with E-state index in [9.17, 15) is 8.42 Å². The molecule has 2 rings (SSSR count). The Morgan fingerprint density at radius 3 is 2.93 bits per heavy atom. The third-order valence-corrected chi connectivity index (χ3v) is 5.51. The molecule has 1 aromatic rings. The van der Waals surface area contributed by atoms with Crippen molar-refractivity contribution in [2.24, 2.45) is 0 Å². The van der Waals surface area contributed by atoms with Crippen LogP contribution in [0, 0.1) is 0 Å². The topological polar surface area (TPSA) is 46.2 Å². The highest BCUT2D eigenvalue weighted by Gasteiger charge is 2.28. The number of hydrogen-bond donors (Lipinski definition) is 1. The van der Waals surface area contributed by atoms with Gasteiger partial charge in [-0.1, -0.05) is 6.07 Å². The molecule has 2 atom stereocenters. The van der Waals surface area contributed by atoms with E-state index in [1.165, 1.54) is 4.88 Å². The molecule has 3 nitrogen and oxygen atoms in total. The summed E-state index contributed by atoms with van der Waals surface area (Å²) in [5.74, 6) is 0.630. The van der Waals surface area contributed by atoms with E-state index in [1.807, 2.05) is 11.4 Å². The van der Waals surface area contributed by atoms with Crippen molar-refractivity contribution in [2.45, 2.75) is 25.4 Å². The smallest absolute Gasteiger partial charge is 0.151 e.